The molecule has 0 rings (SSSR count). The summed E-state index contributed by atoms with van der Waals surface area (Å²) in [6.45, 7) is 6.49. The molecular weight excluding hydrogens is 913 g/mol. The highest BCUT2D eigenvalue weighted by Gasteiger charge is 2.19. The van der Waals surface area contributed by atoms with Crippen LogP contribution in [-0.2, 0) is 28.6 Å². The molecule has 0 spiro atoms. The topological polar surface area (TPSA) is 78.9 Å². The molecule has 74 heavy (non-hydrogen) atoms. The number of carbonyl (C=O) groups is 3. The molecule has 0 aromatic carbocycles. The standard InChI is InChI=1S/C68H118O6/c1-4-7-10-13-16-18-20-22-24-25-26-27-28-29-30-31-32-33-34-35-36-37-38-39-40-41-42-43-44-46-47-49-52-55-58-61-67(70)73-64-65(63-72-66(69)60-57-54-51-15-12-9-6-3)74-68(71)62-59-56-53-50-48-45-23-21-19-17-14-11-8-5-2/h7,10,16,18,21-24,26-27,29-30,32-33,65H,4-6,8-9,11-15,17,19-20,25,28,31,34-64H2,1-3H3/b10-7-,18-16-,23-21-,24-22-,27-26-,30-29-,33-32-. The van der Waals surface area contributed by atoms with Crippen LogP contribution in [0.5, 0.6) is 0 Å². The molecule has 0 aliphatic rings. The van der Waals surface area contributed by atoms with Crippen molar-refractivity contribution in [1.82, 2.24) is 0 Å². The lowest BCUT2D eigenvalue weighted by molar-refractivity contribution is -0.167. The maximum absolute atomic E-state index is 12.8. The molecule has 0 aromatic heterocycles. The quantitative estimate of drug-likeness (QED) is 0.0261. The largest absolute Gasteiger partial charge is 0.462 e. The van der Waals surface area contributed by atoms with Gasteiger partial charge in [0, 0.05) is 19.3 Å². The second kappa shape index (κ2) is 62.1. The Morgan fingerprint density at radius 1 is 0.284 bits per heavy atom. The van der Waals surface area contributed by atoms with E-state index in [-0.39, 0.29) is 31.1 Å². The Balaban J connectivity index is 3.99. The van der Waals surface area contributed by atoms with Crippen LogP contribution >= 0.6 is 0 Å². The first kappa shape index (κ1) is 70.6. The zero-order valence-corrected chi connectivity index (χ0v) is 48.8. The van der Waals surface area contributed by atoms with Gasteiger partial charge < -0.3 is 14.2 Å². The highest BCUT2D eigenvalue weighted by atomic mass is 16.6. The number of unbranched alkanes of at least 4 members (excludes halogenated alkanes) is 32. The molecule has 0 aliphatic carbocycles. The third-order valence-electron chi connectivity index (χ3n) is 13.6. The lowest BCUT2D eigenvalue weighted by atomic mass is 10.0. The highest BCUT2D eigenvalue weighted by Crippen LogP contribution is 2.16. The van der Waals surface area contributed by atoms with Gasteiger partial charge in [-0.05, 0) is 96.3 Å². The Bertz CT molecular complexity index is 1420. The van der Waals surface area contributed by atoms with E-state index in [2.05, 4.69) is 106 Å². The molecule has 426 valence electrons. The van der Waals surface area contributed by atoms with Gasteiger partial charge in [0.2, 0.25) is 0 Å². The SMILES string of the molecule is CC/C=C\C/C=C\C/C=C\C/C=C\C/C=C\C/C=C\CCCCCCCCCCCCCCCCCCC(=O)OCC(COC(=O)CCCCCCCCC)OC(=O)CCCCCCC/C=C\CCCCCCC. The van der Waals surface area contributed by atoms with Crippen molar-refractivity contribution in [3.63, 3.8) is 0 Å². The lowest BCUT2D eigenvalue weighted by Gasteiger charge is -2.18. The van der Waals surface area contributed by atoms with E-state index in [0.29, 0.717) is 19.3 Å². The maximum atomic E-state index is 12.8. The normalized spacial score (nSPS) is 12.6. The number of esters is 3. The van der Waals surface area contributed by atoms with Crippen molar-refractivity contribution in [3.8, 4) is 0 Å². The van der Waals surface area contributed by atoms with Crippen molar-refractivity contribution in [2.24, 2.45) is 0 Å². The molecule has 1 atom stereocenters. The van der Waals surface area contributed by atoms with Crippen molar-refractivity contribution in [1.29, 1.82) is 0 Å². The molecule has 0 N–H and O–H groups in total. The van der Waals surface area contributed by atoms with Crippen molar-refractivity contribution in [3.05, 3.63) is 85.1 Å². The summed E-state index contributed by atoms with van der Waals surface area (Å²) in [6.07, 6.45) is 82.0. The minimum absolute atomic E-state index is 0.0755. The van der Waals surface area contributed by atoms with Crippen molar-refractivity contribution < 1.29 is 28.6 Å². The Morgan fingerprint density at radius 3 is 0.838 bits per heavy atom. The number of carbonyl (C=O) groups excluding carboxylic acids is 3. The van der Waals surface area contributed by atoms with Gasteiger partial charge in [-0.1, -0.05) is 279 Å². The van der Waals surface area contributed by atoms with Crippen LogP contribution in [0.3, 0.4) is 0 Å². The molecule has 0 aliphatic heterocycles. The fourth-order valence-corrected chi connectivity index (χ4v) is 8.91. The van der Waals surface area contributed by atoms with Crippen LogP contribution in [0.25, 0.3) is 0 Å². The first-order valence-electron chi connectivity index (χ1n) is 31.6. The van der Waals surface area contributed by atoms with E-state index in [0.717, 1.165) is 103 Å². The predicted octanol–water partition coefficient (Wildman–Crippen LogP) is 21.5. The molecule has 1 unspecified atom stereocenters. The van der Waals surface area contributed by atoms with Crippen LogP contribution in [0.1, 0.15) is 310 Å². The summed E-state index contributed by atoms with van der Waals surface area (Å²) in [5.74, 6) is -0.881. The molecule has 0 amide bonds. The van der Waals surface area contributed by atoms with Crippen LogP contribution < -0.4 is 0 Å². The summed E-state index contributed by atoms with van der Waals surface area (Å²) in [4.78, 5) is 38.0. The van der Waals surface area contributed by atoms with Crippen LogP contribution in [0.15, 0.2) is 85.1 Å². The average Bonchev–Trinajstić information content (AvgIpc) is 3.40. The Kier molecular flexibility index (Phi) is 59.3. The third-order valence-corrected chi connectivity index (χ3v) is 13.6. The molecule has 0 saturated carbocycles. The number of hydrogen-bond donors (Lipinski definition) is 0. The Labute approximate surface area is 458 Å². The van der Waals surface area contributed by atoms with E-state index < -0.39 is 6.10 Å². The van der Waals surface area contributed by atoms with Gasteiger partial charge in [0.15, 0.2) is 6.10 Å². The van der Waals surface area contributed by atoms with E-state index in [1.807, 2.05) is 0 Å². The summed E-state index contributed by atoms with van der Waals surface area (Å²) >= 11 is 0. The summed E-state index contributed by atoms with van der Waals surface area (Å²) in [5.41, 5.74) is 0. The molecule has 0 aromatic rings. The summed E-state index contributed by atoms with van der Waals surface area (Å²) in [5, 5.41) is 0. The molecule has 0 heterocycles. The summed E-state index contributed by atoms with van der Waals surface area (Å²) in [7, 11) is 0. The molecule has 0 saturated heterocycles. The Morgan fingerprint density at radius 2 is 0.527 bits per heavy atom. The van der Waals surface area contributed by atoms with Gasteiger partial charge in [0.1, 0.15) is 13.2 Å². The molecule has 0 fully saturated rings. The van der Waals surface area contributed by atoms with Gasteiger partial charge >= 0.3 is 17.9 Å². The lowest BCUT2D eigenvalue weighted by Crippen LogP contribution is -2.30. The minimum atomic E-state index is -0.775. The van der Waals surface area contributed by atoms with E-state index in [1.54, 1.807) is 0 Å². The zero-order valence-electron chi connectivity index (χ0n) is 48.8. The Hall–Kier alpha value is -3.41. The number of hydrogen-bond acceptors (Lipinski definition) is 6. The minimum Gasteiger partial charge on any atom is -0.462 e. The van der Waals surface area contributed by atoms with Crippen molar-refractivity contribution in [2.75, 3.05) is 13.2 Å². The zero-order chi connectivity index (χ0) is 53.6. The monoisotopic (exact) mass is 1030 g/mol. The van der Waals surface area contributed by atoms with Gasteiger partial charge in [-0.25, -0.2) is 0 Å². The third kappa shape index (κ3) is 59.5. The van der Waals surface area contributed by atoms with E-state index in [4.69, 9.17) is 14.2 Å². The van der Waals surface area contributed by atoms with Crippen molar-refractivity contribution in [2.45, 2.75) is 316 Å². The fraction of sp³-hybridized carbons (Fsp3) is 0.750. The number of allylic oxidation sites excluding steroid dienone is 14. The van der Waals surface area contributed by atoms with Gasteiger partial charge in [-0.3, -0.25) is 14.4 Å². The molecule has 0 bridgehead atoms. The predicted molar refractivity (Wildman–Crippen MR) is 321 cm³/mol. The molecule has 6 nitrogen and oxygen atoms in total. The first-order chi connectivity index (χ1) is 36.5. The first-order valence-corrected chi connectivity index (χ1v) is 31.6. The number of ether oxygens (including phenoxy) is 3. The van der Waals surface area contributed by atoms with Crippen molar-refractivity contribution >= 4 is 17.9 Å². The van der Waals surface area contributed by atoms with Crippen LogP contribution in [0.2, 0.25) is 0 Å². The highest BCUT2D eigenvalue weighted by molar-refractivity contribution is 5.71. The average molecular weight is 1030 g/mol. The van der Waals surface area contributed by atoms with Crippen LogP contribution in [0, 0.1) is 0 Å². The second-order valence-corrected chi connectivity index (χ2v) is 20.9. The molecule has 6 heteroatoms. The summed E-state index contributed by atoms with van der Waals surface area (Å²) in [6, 6.07) is 0. The summed E-state index contributed by atoms with van der Waals surface area (Å²) < 4.78 is 16.8. The van der Waals surface area contributed by atoms with Gasteiger partial charge in [-0.2, -0.15) is 0 Å². The van der Waals surface area contributed by atoms with Crippen LogP contribution in [-0.4, -0.2) is 37.2 Å². The van der Waals surface area contributed by atoms with Gasteiger partial charge in [0.25, 0.3) is 0 Å². The van der Waals surface area contributed by atoms with Crippen LogP contribution in [0.4, 0.5) is 0 Å². The molecule has 0 radical (unpaired) electrons. The smallest absolute Gasteiger partial charge is 0.306 e. The maximum Gasteiger partial charge on any atom is 0.306 e. The van der Waals surface area contributed by atoms with E-state index in [9.17, 15) is 14.4 Å². The second-order valence-electron chi connectivity index (χ2n) is 20.9. The van der Waals surface area contributed by atoms with Gasteiger partial charge in [-0.15, -0.1) is 0 Å². The number of rotatable bonds is 57. The van der Waals surface area contributed by atoms with E-state index in [1.165, 1.54) is 167 Å². The molecular formula is C68H118O6. The van der Waals surface area contributed by atoms with Gasteiger partial charge in [0.05, 0.1) is 0 Å². The fourth-order valence-electron chi connectivity index (χ4n) is 8.91. The van der Waals surface area contributed by atoms with E-state index >= 15 is 0 Å².